The minimum Gasteiger partial charge on any atom is -0.482 e. The van der Waals surface area contributed by atoms with Gasteiger partial charge in [-0.05, 0) is 74.6 Å². The molecular weight excluding hydrogens is 412 g/mol. The first-order valence-electron chi connectivity index (χ1n) is 9.68. The molecule has 2 aromatic rings. The zero-order chi connectivity index (χ0) is 21.0. The first kappa shape index (κ1) is 21.5. The summed E-state index contributed by atoms with van der Waals surface area (Å²) in [6, 6.07) is 9.84. The Morgan fingerprint density at radius 3 is 2.52 bits per heavy atom. The molecule has 6 nitrogen and oxygen atoms in total. The summed E-state index contributed by atoms with van der Waals surface area (Å²) in [4.78, 5) is 13.9. The SMILES string of the molecule is CCN(CC)C(=O)COc1ccc(NS(=O)(=O)c2ccc3c(c2)CCC3)cc1Cl. The van der Waals surface area contributed by atoms with Crippen LogP contribution >= 0.6 is 11.6 Å². The highest BCUT2D eigenvalue weighted by Crippen LogP contribution is 2.30. The minimum atomic E-state index is -3.72. The molecule has 0 aliphatic heterocycles. The summed E-state index contributed by atoms with van der Waals surface area (Å²) >= 11 is 6.23. The van der Waals surface area contributed by atoms with E-state index in [-0.39, 0.29) is 22.4 Å². The van der Waals surface area contributed by atoms with Crippen molar-refractivity contribution >= 4 is 33.2 Å². The number of rotatable bonds is 8. The molecule has 156 valence electrons. The second-order valence-corrected chi connectivity index (χ2v) is 8.98. The van der Waals surface area contributed by atoms with Crippen LogP contribution in [0.1, 0.15) is 31.4 Å². The third-order valence-electron chi connectivity index (χ3n) is 5.03. The van der Waals surface area contributed by atoms with Gasteiger partial charge in [-0.15, -0.1) is 0 Å². The number of ether oxygens (including phenoxy) is 1. The smallest absolute Gasteiger partial charge is 0.261 e. The minimum absolute atomic E-state index is 0.123. The summed E-state index contributed by atoms with van der Waals surface area (Å²) in [5, 5.41) is 0.228. The molecule has 0 saturated heterocycles. The van der Waals surface area contributed by atoms with Crippen molar-refractivity contribution in [2.45, 2.75) is 38.0 Å². The second-order valence-electron chi connectivity index (χ2n) is 6.89. The summed E-state index contributed by atoms with van der Waals surface area (Å²) in [6.07, 6.45) is 2.96. The second kappa shape index (κ2) is 9.05. The fourth-order valence-corrected chi connectivity index (χ4v) is 4.75. The lowest BCUT2D eigenvalue weighted by molar-refractivity contribution is -0.132. The number of likely N-dealkylation sites (N-methyl/N-ethyl adjacent to an activating group) is 1. The monoisotopic (exact) mass is 436 g/mol. The van der Waals surface area contributed by atoms with Crippen LogP contribution in [0.5, 0.6) is 5.75 Å². The van der Waals surface area contributed by atoms with Gasteiger partial charge in [0.05, 0.1) is 15.6 Å². The third kappa shape index (κ3) is 5.03. The first-order valence-corrected chi connectivity index (χ1v) is 11.5. The molecule has 0 spiro atoms. The van der Waals surface area contributed by atoms with Crippen LogP contribution in [-0.4, -0.2) is 38.9 Å². The average Bonchev–Trinajstić information content (AvgIpc) is 3.16. The number of halogens is 1. The predicted octanol–water partition coefficient (Wildman–Crippen LogP) is 3.88. The number of aryl methyl sites for hydroxylation is 2. The molecule has 0 radical (unpaired) electrons. The van der Waals surface area contributed by atoms with Crippen LogP contribution in [-0.2, 0) is 27.7 Å². The molecule has 0 saturated carbocycles. The summed E-state index contributed by atoms with van der Waals surface area (Å²) in [6.45, 7) is 4.89. The Morgan fingerprint density at radius 1 is 1.10 bits per heavy atom. The molecule has 1 aliphatic carbocycles. The molecule has 0 fully saturated rings. The fourth-order valence-electron chi connectivity index (χ4n) is 3.42. The van der Waals surface area contributed by atoms with Gasteiger partial charge in [-0.1, -0.05) is 17.7 Å². The topological polar surface area (TPSA) is 75.7 Å². The number of hydrogen-bond acceptors (Lipinski definition) is 4. The average molecular weight is 437 g/mol. The number of nitrogens with one attached hydrogen (secondary N) is 1. The molecule has 2 aromatic carbocycles. The number of benzene rings is 2. The maximum Gasteiger partial charge on any atom is 0.261 e. The molecule has 1 amide bonds. The Kier molecular flexibility index (Phi) is 6.70. The van der Waals surface area contributed by atoms with E-state index in [0.29, 0.717) is 24.5 Å². The largest absolute Gasteiger partial charge is 0.482 e. The van der Waals surface area contributed by atoms with Crippen molar-refractivity contribution in [3.63, 3.8) is 0 Å². The molecule has 29 heavy (non-hydrogen) atoms. The van der Waals surface area contributed by atoms with Gasteiger partial charge in [0.25, 0.3) is 15.9 Å². The molecule has 0 heterocycles. The van der Waals surface area contributed by atoms with E-state index in [9.17, 15) is 13.2 Å². The van der Waals surface area contributed by atoms with Gasteiger partial charge in [0.2, 0.25) is 0 Å². The summed E-state index contributed by atoms with van der Waals surface area (Å²) in [5.41, 5.74) is 2.64. The Morgan fingerprint density at radius 2 is 1.83 bits per heavy atom. The van der Waals surface area contributed by atoms with Crippen LogP contribution in [0.25, 0.3) is 0 Å². The van der Waals surface area contributed by atoms with Crippen LogP contribution in [0.2, 0.25) is 5.02 Å². The number of fused-ring (bicyclic) bond motifs is 1. The van der Waals surface area contributed by atoms with Gasteiger partial charge in [-0.3, -0.25) is 9.52 Å². The van der Waals surface area contributed by atoms with Crippen LogP contribution in [0.4, 0.5) is 5.69 Å². The van der Waals surface area contributed by atoms with Gasteiger partial charge in [-0.25, -0.2) is 8.42 Å². The molecular formula is C21H25ClN2O4S. The number of anilines is 1. The van der Waals surface area contributed by atoms with Crippen molar-refractivity contribution < 1.29 is 17.9 Å². The molecule has 1 aliphatic rings. The first-order chi connectivity index (χ1) is 13.8. The highest BCUT2D eigenvalue weighted by atomic mass is 35.5. The van der Waals surface area contributed by atoms with Crippen molar-refractivity contribution in [1.29, 1.82) is 0 Å². The van der Waals surface area contributed by atoms with E-state index in [1.807, 2.05) is 19.9 Å². The molecule has 8 heteroatoms. The van der Waals surface area contributed by atoms with Crippen LogP contribution < -0.4 is 9.46 Å². The van der Waals surface area contributed by atoms with E-state index in [1.54, 1.807) is 29.2 Å². The quantitative estimate of drug-likeness (QED) is 0.681. The molecule has 3 rings (SSSR count). The van der Waals surface area contributed by atoms with E-state index in [2.05, 4.69) is 4.72 Å². The Balaban J connectivity index is 1.69. The number of carbonyl (C=O) groups excluding carboxylic acids is 1. The highest BCUT2D eigenvalue weighted by Gasteiger charge is 2.19. The van der Waals surface area contributed by atoms with E-state index in [0.717, 1.165) is 24.8 Å². The lowest BCUT2D eigenvalue weighted by atomic mass is 10.1. The molecule has 0 bridgehead atoms. The highest BCUT2D eigenvalue weighted by molar-refractivity contribution is 7.92. The van der Waals surface area contributed by atoms with E-state index in [4.69, 9.17) is 16.3 Å². The number of sulfonamides is 1. The lowest BCUT2D eigenvalue weighted by Crippen LogP contribution is -2.34. The molecule has 0 atom stereocenters. The zero-order valence-electron chi connectivity index (χ0n) is 16.6. The van der Waals surface area contributed by atoms with Crippen molar-refractivity contribution in [1.82, 2.24) is 4.90 Å². The standard InChI is InChI=1S/C21H25ClN2O4S/c1-3-24(4-2)21(25)14-28-20-11-9-17(13-19(20)22)23-29(26,27)18-10-8-15-6-5-7-16(15)12-18/h8-13,23H,3-7,14H2,1-2H3. The van der Waals surface area contributed by atoms with E-state index >= 15 is 0 Å². The zero-order valence-corrected chi connectivity index (χ0v) is 18.1. The molecule has 0 aromatic heterocycles. The summed E-state index contributed by atoms with van der Waals surface area (Å²) in [7, 11) is -3.72. The predicted molar refractivity (Wildman–Crippen MR) is 114 cm³/mol. The Hall–Kier alpha value is -2.25. The summed E-state index contributed by atoms with van der Waals surface area (Å²) in [5.74, 6) is 0.195. The molecule has 1 N–H and O–H groups in total. The summed E-state index contributed by atoms with van der Waals surface area (Å²) < 4.78 is 33.5. The Bertz CT molecular complexity index is 1000. The third-order valence-corrected chi connectivity index (χ3v) is 6.71. The van der Waals surface area contributed by atoms with E-state index < -0.39 is 10.0 Å². The maximum atomic E-state index is 12.7. The molecule has 0 unspecified atom stereocenters. The number of nitrogens with zero attached hydrogens (tertiary/aromatic N) is 1. The van der Waals surface area contributed by atoms with E-state index in [1.165, 1.54) is 11.6 Å². The van der Waals surface area contributed by atoms with Gasteiger partial charge < -0.3 is 9.64 Å². The fraction of sp³-hybridized carbons (Fsp3) is 0.381. The number of hydrogen-bond donors (Lipinski definition) is 1. The van der Waals surface area contributed by atoms with Crippen molar-refractivity contribution in [2.75, 3.05) is 24.4 Å². The normalized spacial score (nSPS) is 13.1. The van der Waals surface area contributed by atoms with Crippen LogP contribution in [0.3, 0.4) is 0 Å². The number of carbonyl (C=O) groups is 1. The van der Waals surface area contributed by atoms with Crippen molar-refractivity contribution in [2.24, 2.45) is 0 Å². The van der Waals surface area contributed by atoms with Gasteiger partial charge in [0, 0.05) is 13.1 Å². The van der Waals surface area contributed by atoms with Gasteiger partial charge in [-0.2, -0.15) is 0 Å². The van der Waals surface area contributed by atoms with Gasteiger partial charge >= 0.3 is 0 Å². The van der Waals surface area contributed by atoms with Gasteiger partial charge in [0.15, 0.2) is 6.61 Å². The van der Waals surface area contributed by atoms with Gasteiger partial charge in [0.1, 0.15) is 5.75 Å². The Labute approximate surface area is 176 Å². The van der Waals surface area contributed by atoms with Crippen LogP contribution in [0.15, 0.2) is 41.3 Å². The maximum absolute atomic E-state index is 12.7. The lowest BCUT2D eigenvalue weighted by Gasteiger charge is -2.19. The van der Waals surface area contributed by atoms with Crippen LogP contribution in [0, 0.1) is 0 Å². The van der Waals surface area contributed by atoms with Crippen molar-refractivity contribution in [3.8, 4) is 5.75 Å². The van der Waals surface area contributed by atoms with Crippen molar-refractivity contribution in [3.05, 3.63) is 52.5 Å². The number of amides is 1.